The van der Waals surface area contributed by atoms with Crippen molar-refractivity contribution in [1.29, 1.82) is 0 Å². The van der Waals surface area contributed by atoms with Crippen LogP contribution in [-0.4, -0.2) is 42.9 Å². The van der Waals surface area contributed by atoms with Crippen LogP contribution < -0.4 is 10.6 Å². The van der Waals surface area contributed by atoms with E-state index in [1.165, 1.54) is 0 Å². The van der Waals surface area contributed by atoms with Gasteiger partial charge >= 0.3 is 0 Å². The van der Waals surface area contributed by atoms with Gasteiger partial charge in [0, 0.05) is 11.7 Å². The van der Waals surface area contributed by atoms with Gasteiger partial charge in [-0.1, -0.05) is 32.0 Å². The van der Waals surface area contributed by atoms with Crippen LogP contribution in [0.2, 0.25) is 0 Å². The van der Waals surface area contributed by atoms with E-state index < -0.39 is 0 Å². The fourth-order valence-electron chi connectivity index (χ4n) is 2.50. The number of nitrogens with one attached hydrogen (secondary N) is 2. The topological polar surface area (TPSA) is 61.4 Å². The molecule has 0 aromatic heterocycles. The highest BCUT2D eigenvalue weighted by Crippen LogP contribution is 2.26. The first-order valence-corrected chi connectivity index (χ1v) is 8.36. The Labute approximate surface area is 138 Å². The van der Waals surface area contributed by atoms with Crippen molar-refractivity contribution in [3.63, 3.8) is 0 Å². The molecule has 126 valence electrons. The highest BCUT2D eigenvalue weighted by Gasteiger charge is 2.23. The van der Waals surface area contributed by atoms with Gasteiger partial charge in [-0.2, -0.15) is 0 Å². The van der Waals surface area contributed by atoms with Crippen LogP contribution in [0.1, 0.15) is 44.6 Å². The summed E-state index contributed by atoms with van der Waals surface area (Å²) in [4.78, 5) is 25.7. The van der Waals surface area contributed by atoms with Crippen molar-refractivity contribution < 1.29 is 9.59 Å². The number of rotatable bonds is 8. The maximum absolute atomic E-state index is 12.2. The lowest BCUT2D eigenvalue weighted by Crippen LogP contribution is -2.39. The summed E-state index contributed by atoms with van der Waals surface area (Å²) in [7, 11) is 1.78. The molecule has 0 radical (unpaired) electrons. The number of amides is 2. The molecule has 5 heteroatoms. The lowest BCUT2D eigenvalue weighted by Gasteiger charge is -2.18. The van der Waals surface area contributed by atoms with Crippen LogP contribution in [0.5, 0.6) is 0 Å². The average molecular weight is 317 g/mol. The zero-order chi connectivity index (χ0) is 16.8. The number of carbonyl (C=O) groups excluding carboxylic acids is 2. The number of nitrogens with zero attached hydrogens (tertiary/aromatic N) is 1. The molecule has 1 aliphatic rings. The molecule has 1 aliphatic carbocycles. The molecule has 5 nitrogen and oxygen atoms in total. The van der Waals surface area contributed by atoms with E-state index in [4.69, 9.17) is 0 Å². The Hall–Kier alpha value is -1.88. The van der Waals surface area contributed by atoms with Crippen LogP contribution in [0.4, 0.5) is 5.69 Å². The minimum atomic E-state index is -0.0949. The van der Waals surface area contributed by atoms with Crippen LogP contribution in [0.25, 0.3) is 0 Å². The number of anilines is 1. The zero-order valence-corrected chi connectivity index (χ0v) is 14.3. The third-order valence-corrected chi connectivity index (χ3v) is 4.15. The van der Waals surface area contributed by atoms with Gasteiger partial charge in [0.05, 0.1) is 13.1 Å². The Balaban J connectivity index is 1.85. The quantitative estimate of drug-likeness (QED) is 0.774. The van der Waals surface area contributed by atoms with Crippen LogP contribution >= 0.6 is 0 Å². The molecule has 23 heavy (non-hydrogen) atoms. The van der Waals surface area contributed by atoms with Gasteiger partial charge in [-0.25, -0.2) is 0 Å². The number of carbonyl (C=O) groups is 2. The van der Waals surface area contributed by atoms with Gasteiger partial charge in [-0.15, -0.1) is 0 Å². The van der Waals surface area contributed by atoms with Crippen molar-refractivity contribution in [3.8, 4) is 0 Å². The summed E-state index contributed by atoms with van der Waals surface area (Å²) in [6.45, 7) is 4.73. The monoisotopic (exact) mass is 317 g/mol. The van der Waals surface area contributed by atoms with Crippen molar-refractivity contribution in [2.45, 2.75) is 45.1 Å². The SMILES string of the molecule is CC[C@H](C)c1ccccc1NC(=O)CN(C)CC(=O)NC1CC1. The Morgan fingerprint density at radius 3 is 2.52 bits per heavy atom. The van der Waals surface area contributed by atoms with E-state index in [-0.39, 0.29) is 24.9 Å². The summed E-state index contributed by atoms with van der Waals surface area (Å²) in [5.41, 5.74) is 2.01. The molecule has 1 aromatic rings. The molecule has 2 rings (SSSR count). The molecule has 1 fully saturated rings. The van der Waals surface area contributed by atoms with E-state index in [0.29, 0.717) is 12.0 Å². The summed E-state index contributed by atoms with van der Waals surface area (Å²) in [6, 6.07) is 8.25. The number of hydrogen-bond acceptors (Lipinski definition) is 3. The lowest BCUT2D eigenvalue weighted by atomic mass is 9.97. The third kappa shape index (κ3) is 5.67. The Morgan fingerprint density at radius 1 is 1.22 bits per heavy atom. The molecule has 0 heterocycles. The molecule has 1 atom stereocenters. The van der Waals surface area contributed by atoms with Crippen molar-refractivity contribution in [2.75, 3.05) is 25.5 Å². The number of para-hydroxylation sites is 1. The Bertz CT molecular complexity index is 555. The van der Waals surface area contributed by atoms with Gasteiger partial charge in [0.25, 0.3) is 0 Å². The van der Waals surface area contributed by atoms with Crippen LogP contribution in [0.15, 0.2) is 24.3 Å². The molecule has 0 saturated heterocycles. The van der Waals surface area contributed by atoms with Crippen LogP contribution in [-0.2, 0) is 9.59 Å². The maximum atomic E-state index is 12.2. The van der Waals surface area contributed by atoms with Crippen molar-refractivity contribution in [1.82, 2.24) is 10.2 Å². The smallest absolute Gasteiger partial charge is 0.238 e. The van der Waals surface area contributed by atoms with E-state index in [1.54, 1.807) is 11.9 Å². The van der Waals surface area contributed by atoms with E-state index in [0.717, 1.165) is 30.5 Å². The van der Waals surface area contributed by atoms with E-state index in [2.05, 4.69) is 30.5 Å². The molecule has 2 N–H and O–H groups in total. The van der Waals surface area contributed by atoms with E-state index in [1.807, 2.05) is 18.2 Å². The maximum Gasteiger partial charge on any atom is 0.238 e. The standard InChI is InChI=1S/C18H27N3O2/c1-4-13(2)15-7-5-6-8-16(15)20-18(23)12-21(3)11-17(22)19-14-9-10-14/h5-8,13-14H,4,9-12H2,1-3H3,(H,19,22)(H,20,23)/t13-/m0/s1. The lowest BCUT2D eigenvalue weighted by molar-refractivity contribution is -0.123. The predicted octanol–water partition coefficient (Wildman–Crippen LogP) is 2.35. The first-order chi connectivity index (χ1) is 11.0. The average Bonchev–Trinajstić information content (AvgIpc) is 3.30. The van der Waals surface area contributed by atoms with Gasteiger partial charge < -0.3 is 10.6 Å². The molecule has 2 amide bonds. The summed E-state index contributed by atoms with van der Waals surface area (Å²) in [5.74, 6) is 0.291. The second kappa shape index (κ2) is 8.11. The van der Waals surface area contributed by atoms with Crippen molar-refractivity contribution in [3.05, 3.63) is 29.8 Å². The molecule has 0 aliphatic heterocycles. The van der Waals surface area contributed by atoms with Crippen molar-refractivity contribution >= 4 is 17.5 Å². The molecule has 0 unspecified atom stereocenters. The number of hydrogen-bond donors (Lipinski definition) is 2. The summed E-state index contributed by atoms with van der Waals surface area (Å²) in [6.07, 6.45) is 3.17. The van der Waals surface area contributed by atoms with Gasteiger partial charge in [0.15, 0.2) is 0 Å². The molecular formula is C18H27N3O2. The normalized spacial score (nSPS) is 15.3. The molecule has 1 saturated carbocycles. The molecule has 0 bridgehead atoms. The Morgan fingerprint density at radius 2 is 1.87 bits per heavy atom. The number of likely N-dealkylation sites (N-methyl/N-ethyl adjacent to an activating group) is 1. The van der Waals surface area contributed by atoms with Gasteiger partial charge in [0.1, 0.15) is 0 Å². The minimum Gasteiger partial charge on any atom is -0.352 e. The molecular weight excluding hydrogens is 290 g/mol. The first kappa shape index (κ1) is 17.5. The highest BCUT2D eigenvalue weighted by atomic mass is 16.2. The number of benzene rings is 1. The molecule has 1 aromatic carbocycles. The first-order valence-electron chi connectivity index (χ1n) is 8.36. The Kier molecular flexibility index (Phi) is 6.16. The van der Waals surface area contributed by atoms with Gasteiger partial charge in [-0.05, 0) is 43.9 Å². The van der Waals surface area contributed by atoms with Gasteiger partial charge in [0.2, 0.25) is 11.8 Å². The van der Waals surface area contributed by atoms with Crippen LogP contribution in [0, 0.1) is 0 Å². The third-order valence-electron chi connectivity index (χ3n) is 4.15. The minimum absolute atomic E-state index is 0.0113. The predicted molar refractivity (Wildman–Crippen MR) is 92.4 cm³/mol. The fourth-order valence-corrected chi connectivity index (χ4v) is 2.50. The van der Waals surface area contributed by atoms with E-state index in [9.17, 15) is 9.59 Å². The van der Waals surface area contributed by atoms with E-state index >= 15 is 0 Å². The highest BCUT2D eigenvalue weighted by molar-refractivity contribution is 5.93. The van der Waals surface area contributed by atoms with Gasteiger partial charge in [-0.3, -0.25) is 14.5 Å². The fraction of sp³-hybridized carbons (Fsp3) is 0.556. The largest absolute Gasteiger partial charge is 0.352 e. The summed E-state index contributed by atoms with van der Waals surface area (Å²) < 4.78 is 0. The van der Waals surface area contributed by atoms with Crippen molar-refractivity contribution in [2.24, 2.45) is 0 Å². The van der Waals surface area contributed by atoms with Crippen LogP contribution in [0.3, 0.4) is 0 Å². The second-order valence-corrected chi connectivity index (χ2v) is 6.46. The second-order valence-electron chi connectivity index (χ2n) is 6.46. The zero-order valence-electron chi connectivity index (χ0n) is 14.3. The summed E-state index contributed by atoms with van der Waals surface area (Å²) >= 11 is 0. The summed E-state index contributed by atoms with van der Waals surface area (Å²) in [5, 5.41) is 5.90. The molecule has 0 spiro atoms.